The number of aliphatic carboxylic acids is 2. The van der Waals surface area contributed by atoms with E-state index >= 15 is 0 Å². The number of aliphatic imine (C=N–C) groups is 1. The number of H-pyrrole nitrogens is 1. The van der Waals surface area contributed by atoms with Crippen LogP contribution >= 0.6 is 0 Å². The van der Waals surface area contributed by atoms with E-state index in [-0.39, 0.29) is 36.5 Å². The molecule has 2 rings (SSSR count). The number of carbonyl (C=O) groups excluding carboxylic acids is 2. The molecule has 1 aromatic heterocycles. The van der Waals surface area contributed by atoms with Crippen LogP contribution in [0.3, 0.4) is 0 Å². The van der Waals surface area contributed by atoms with E-state index in [4.69, 9.17) is 4.99 Å². The molecule has 1 aliphatic heterocycles. The fourth-order valence-corrected chi connectivity index (χ4v) is 5.39. The van der Waals surface area contributed by atoms with Crippen molar-refractivity contribution in [2.75, 3.05) is 0 Å². The van der Waals surface area contributed by atoms with Gasteiger partial charge in [-0.3, -0.25) is 24.2 Å². The highest BCUT2D eigenvalue weighted by Crippen LogP contribution is 2.51. The first-order valence-electron chi connectivity index (χ1n) is 13.3. The summed E-state index contributed by atoms with van der Waals surface area (Å²) in [5.74, 6) is -5.42. The predicted octanol–water partition coefficient (Wildman–Crippen LogP) is 5.45. The number of carboxylic acid groups (broad SMARTS) is 2. The summed E-state index contributed by atoms with van der Waals surface area (Å²) in [6.07, 6.45) is 8.62. The van der Waals surface area contributed by atoms with Crippen molar-refractivity contribution in [2.45, 2.75) is 104 Å². The van der Waals surface area contributed by atoms with Crippen LogP contribution in [0.5, 0.6) is 0 Å². The number of carbonyl (C=O) groups is 4. The summed E-state index contributed by atoms with van der Waals surface area (Å²) < 4.78 is 0. The Bertz CT molecular complexity index is 905. The second-order valence-electron chi connectivity index (χ2n) is 10.2. The maximum Gasteiger partial charge on any atom is 0.308 e. The highest BCUT2D eigenvalue weighted by atomic mass is 16.4. The molecule has 36 heavy (non-hydrogen) atoms. The lowest BCUT2D eigenvalue weighted by molar-refractivity contribution is -0.152. The highest BCUT2D eigenvalue weighted by molar-refractivity contribution is 6.31. The van der Waals surface area contributed by atoms with Gasteiger partial charge < -0.3 is 15.2 Å². The minimum absolute atomic E-state index is 0.166. The number of ketones is 2. The number of carboxylic acids is 2. The van der Waals surface area contributed by atoms with Gasteiger partial charge in [-0.2, -0.15) is 0 Å². The van der Waals surface area contributed by atoms with E-state index in [1.165, 1.54) is 13.8 Å². The molecule has 8 nitrogen and oxygen atoms in total. The Labute approximate surface area is 214 Å². The first kappa shape index (κ1) is 29.5. The van der Waals surface area contributed by atoms with Crippen molar-refractivity contribution < 1.29 is 29.4 Å². The van der Waals surface area contributed by atoms with Crippen LogP contribution in [0.15, 0.2) is 23.3 Å². The second kappa shape index (κ2) is 13.0. The van der Waals surface area contributed by atoms with Gasteiger partial charge in [0.05, 0.1) is 28.8 Å². The molecule has 2 unspecified atom stereocenters. The minimum atomic E-state index is -1.67. The lowest BCUT2D eigenvalue weighted by Gasteiger charge is -2.37. The van der Waals surface area contributed by atoms with E-state index < -0.39 is 34.7 Å². The van der Waals surface area contributed by atoms with E-state index in [9.17, 15) is 29.4 Å². The van der Waals surface area contributed by atoms with E-state index in [0.29, 0.717) is 18.5 Å². The van der Waals surface area contributed by atoms with Crippen molar-refractivity contribution in [2.24, 2.45) is 22.2 Å². The summed E-state index contributed by atoms with van der Waals surface area (Å²) in [5, 5.41) is 19.9. The number of unbranched alkanes of at least 4 members (excludes halogenated alkanes) is 6. The third kappa shape index (κ3) is 5.95. The van der Waals surface area contributed by atoms with Gasteiger partial charge in [-0.05, 0) is 45.2 Å². The Morgan fingerprint density at radius 1 is 0.889 bits per heavy atom. The zero-order valence-corrected chi connectivity index (χ0v) is 22.1. The average Bonchev–Trinajstić information content (AvgIpc) is 3.50. The molecular formula is C28H42N2O6. The van der Waals surface area contributed by atoms with Crippen LogP contribution in [0.25, 0.3) is 0 Å². The Balaban J connectivity index is 2.69. The smallest absolute Gasteiger partial charge is 0.308 e. The summed E-state index contributed by atoms with van der Waals surface area (Å²) in [5.41, 5.74) is -2.67. The fourth-order valence-electron chi connectivity index (χ4n) is 5.39. The van der Waals surface area contributed by atoms with Gasteiger partial charge in [-0.25, -0.2) is 0 Å². The standard InChI is InChI=1S/C28H42N2O6/c1-5-7-9-11-15-22(31)27(23(32)16-12-10-8-6-2)18-28(19(3)25(33)34,20(4)26(35)36)30-24(27)21-14-13-17-29-21/h13-14,17,19-20,29H,5-12,15-16,18H2,1-4H3,(H,33,34)(H,35,36). The zero-order valence-electron chi connectivity index (χ0n) is 22.1. The largest absolute Gasteiger partial charge is 0.481 e. The molecule has 0 spiro atoms. The molecular weight excluding hydrogens is 460 g/mol. The van der Waals surface area contributed by atoms with E-state index in [2.05, 4.69) is 18.8 Å². The van der Waals surface area contributed by atoms with Crippen molar-refractivity contribution in [3.63, 3.8) is 0 Å². The van der Waals surface area contributed by atoms with Crippen molar-refractivity contribution in [1.29, 1.82) is 0 Å². The fraction of sp³-hybridized carbons (Fsp3) is 0.679. The van der Waals surface area contributed by atoms with Crippen molar-refractivity contribution in [3.8, 4) is 0 Å². The zero-order chi connectivity index (χ0) is 26.9. The molecule has 0 aromatic carbocycles. The maximum atomic E-state index is 14.0. The number of aromatic nitrogens is 1. The van der Waals surface area contributed by atoms with Crippen molar-refractivity contribution in [1.82, 2.24) is 4.98 Å². The predicted molar refractivity (Wildman–Crippen MR) is 138 cm³/mol. The molecule has 2 atom stereocenters. The second-order valence-corrected chi connectivity index (χ2v) is 10.2. The van der Waals surface area contributed by atoms with Crippen LogP contribution in [-0.4, -0.2) is 50.0 Å². The van der Waals surface area contributed by atoms with Crippen LogP contribution in [0.2, 0.25) is 0 Å². The summed E-state index contributed by atoms with van der Waals surface area (Å²) in [4.78, 5) is 60.3. The summed E-state index contributed by atoms with van der Waals surface area (Å²) >= 11 is 0. The molecule has 0 bridgehead atoms. The van der Waals surface area contributed by atoms with Gasteiger partial charge in [-0.15, -0.1) is 0 Å². The molecule has 8 heteroatoms. The normalized spacial score (nSPS) is 20.5. The van der Waals surface area contributed by atoms with Crippen LogP contribution in [0.4, 0.5) is 0 Å². The monoisotopic (exact) mass is 502 g/mol. The third-order valence-electron chi connectivity index (χ3n) is 7.83. The quantitative estimate of drug-likeness (QED) is 0.191. The molecule has 3 N–H and O–H groups in total. The van der Waals surface area contributed by atoms with Gasteiger partial charge in [0.2, 0.25) is 0 Å². The van der Waals surface area contributed by atoms with Crippen LogP contribution in [0.1, 0.15) is 104 Å². The van der Waals surface area contributed by atoms with Crippen LogP contribution in [0, 0.1) is 17.3 Å². The van der Waals surface area contributed by atoms with Gasteiger partial charge in [0, 0.05) is 19.0 Å². The van der Waals surface area contributed by atoms with Crippen molar-refractivity contribution >= 4 is 29.2 Å². The molecule has 1 aliphatic rings. The van der Waals surface area contributed by atoms with E-state index in [1.807, 2.05) is 0 Å². The van der Waals surface area contributed by atoms with Gasteiger partial charge in [0.15, 0.2) is 11.6 Å². The SMILES string of the molecule is CCCCCCC(=O)C1(C(=O)CCCCCC)CC(C(C)C(=O)O)(C(C)C(=O)O)N=C1c1ccc[nH]1. The molecule has 0 radical (unpaired) electrons. The van der Waals surface area contributed by atoms with Gasteiger partial charge in [0.25, 0.3) is 0 Å². The van der Waals surface area contributed by atoms with E-state index in [1.54, 1.807) is 18.3 Å². The van der Waals surface area contributed by atoms with Gasteiger partial charge >= 0.3 is 11.9 Å². The van der Waals surface area contributed by atoms with E-state index in [0.717, 1.165) is 38.5 Å². The number of hydrogen-bond acceptors (Lipinski definition) is 5. The first-order chi connectivity index (χ1) is 17.1. The number of rotatable bonds is 17. The lowest BCUT2D eigenvalue weighted by Crippen LogP contribution is -2.51. The molecule has 1 aromatic rings. The molecule has 2 heterocycles. The molecule has 0 amide bonds. The van der Waals surface area contributed by atoms with Crippen LogP contribution in [-0.2, 0) is 19.2 Å². The number of nitrogens with zero attached hydrogens (tertiary/aromatic N) is 1. The van der Waals surface area contributed by atoms with Gasteiger partial charge in [0.1, 0.15) is 5.41 Å². The Morgan fingerprint density at radius 3 is 1.78 bits per heavy atom. The summed E-state index contributed by atoms with van der Waals surface area (Å²) in [6, 6.07) is 3.43. The molecule has 200 valence electrons. The third-order valence-corrected chi connectivity index (χ3v) is 7.83. The van der Waals surface area contributed by atoms with Gasteiger partial charge in [-0.1, -0.05) is 52.4 Å². The van der Waals surface area contributed by atoms with Crippen LogP contribution < -0.4 is 0 Å². The minimum Gasteiger partial charge on any atom is -0.481 e. The topological polar surface area (TPSA) is 137 Å². The number of hydrogen-bond donors (Lipinski definition) is 3. The first-order valence-corrected chi connectivity index (χ1v) is 13.3. The molecule has 0 saturated carbocycles. The summed E-state index contributed by atoms with van der Waals surface area (Å²) in [6.45, 7) is 6.99. The van der Waals surface area contributed by atoms with Crippen molar-refractivity contribution in [3.05, 3.63) is 24.0 Å². The average molecular weight is 503 g/mol. The summed E-state index contributed by atoms with van der Waals surface area (Å²) in [7, 11) is 0. The number of nitrogens with one attached hydrogen (secondary N) is 1. The molecule has 0 fully saturated rings. The highest BCUT2D eigenvalue weighted by Gasteiger charge is 2.64. The molecule has 0 aliphatic carbocycles. The maximum absolute atomic E-state index is 14.0. The number of Topliss-reactive ketones (excluding diaryl/α,β-unsaturated/α-hetero) is 2. The lowest BCUT2D eigenvalue weighted by atomic mass is 9.62. The Morgan fingerprint density at radius 2 is 1.39 bits per heavy atom. The number of aromatic amines is 1. The Hall–Kier alpha value is -2.77. The molecule has 0 saturated heterocycles. The Kier molecular flexibility index (Phi) is 10.6.